The molecule has 3 aromatic rings. The van der Waals surface area contributed by atoms with Crippen molar-refractivity contribution in [3.63, 3.8) is 0 Å². The molecule has 5 rings (SSSR count). The molecule has 0 amide bonds. The minimum absolute atomic E-state index is 0.418. The van der Waals surface area contributed by atoms with Crippen LogP contribution in [-0.4, -0.2) is 51.0 Å². The van der Waals surface area contributed by atoms with Crippen LogP contribution in [0.25, 0.3) is 5.52 Å². The fraction of sp³-hybridized carbons (Fsp3) is 0.474. The zero-order valence-corrected chi connectivity index (χ0v) is 15.3. The predicted octanol–water partition coefficient (Wildman–Crippen LogP) is 2.03. The number of anilines is 2. The van der Waals surface area contributed by atoms with Crippen LogP contribution >= 0.6 is 0 Å². The molecule has 1 saturated heterocycles. The second-order valence-electron chi connectivity index (χ2n) is 7.42. The molecule has 0 spiro atoms. The van der Waals surface area contributed by atoms with Crippen molar-refractivity contribution in [2.75, 3.05) is 29.9 Å². The maximum Gasteiger partial charge on any atom is 0.154 e. The Morgan fingerprint density at radius 1 is 1.12 bits per heavy atom. The monoisotopic (exact) mass is 349 g/mol. The second-order valence-corrected chi connectivity index (χ2v) is 7.42. The Hall–Kier alpha value is -2.70. The Balaban J connectivity index is 1.33. The Labute approximate surface area is 152 Å². The summed E-state index contributed by atoms with van der Waals surface area (Å²) < 4.78 is 1.90. The summed E-state index contributed by atoms with van der Waals surface area (Å²) in [7, 11) is 2.12. The van der Waals surface area contributed by atoms with E-state index in [0.29, 0.717) is 6.04 Å². The van der Waals surface area contributed by atoms with Gasteiger partial charge in [-0.3, -0.25) is 0 Å². The molecule has 0 saturated carbocycles. The van der Waals surface area contributed by atoms with E-state index in [2.05, 4.69) is 49.3 Å². The summed E-state index contributed by atoms with van der Waals surface area (Å²) in [6.07, 6.45) is 8.44. The van der Waals surface area contributed by atoms with Gasteiger partial charge in [0.25, 0.3) is 0 Å². The lowest BCUT2D eigenvalue weighted by atomic mass is 9.96. The molecule has 1 aliphatic heterocycles. The highest BCUT2D eigenvalue weighted by atomic mass is 15.4. The lowest BCUT2D eigenvalue weighted by Crippen LogP contribution is -2.59. The van der Waals surface area contributed by atoms with Gasteiger partial charge in [0.05, 0.1) is 17.4 Å². The van der Waals surface area contributed by atoms with E-state index in [0.717, 1.165) is 48.8 Å². The van der Waals surface area contributed by atoms with Crippen LogP contribution in [0.4, 0.5) is 11.6 Å². The van der Waals surface area contributed by atoms with Crippen molar-refractivity contribution in [3.8, 4) is 0 Å². The molecule has 0 radical (unpaired) electrons. The van der Waals surface area contributed by atoms with E-state index in [-0.39, 0.29) is 0 Å². The number of nitrogens with zero attached hydrogens (tertiary/aromatic N) is 7. The van der Waals surface area contributed by atoms with Gasteiger partial charge in [0.1, 0.15) is 5.52 Å². The van der Waals surface area contributed by atoms with Gasteiger partial charge in [0, 0.05) is 32.5 Å². The van der Waals surface area contributed by atoms with Crippen molar-refractivity contribution in [2.45, 2.75) is 38.6 Å². The van der Waals surface area contributed by atoms with Crippen LogP contribution in [0.3, 0.4) is 0 Å². The predicted molar refractivity (Wildman–Crippen MR) is 101 cm³/mol. The average molecular weight is 349 g/mol. The fourth-order valence-corrected chi connectivity index (χ4v) is 4.00. The molecule has 0 aromatic carbocycles. The van der Waals surface area contributed by atoms with Gasteiger partial charge in [-0.15, -0.1) is 5.10 Å². The molecule has 0 unspecified atom stereocenters. The minimum atomic E-state index is 0.418. The zero-order chi connectivity index (χ0) is 17.7. The Bertz CT molecular complexity index is 958. The van der Waals surface area contributed by atoms with Crippen molar-refractivity contribution in [1.29, 1.82) is 0 Å². The summed E-state index contributed by atoms with van der Waals surface area (Å²) in [5, 5.41) is 13.4. The molecule has 7 heteroatoms. The van der Waals surface area contributed by atoms with Crippen LogP contribution in [-0.2, 0) is 12.8 Å². The van der Waals surface area contributed by atoms with Crippen LogP contribution in [0, 0.1) is 6.92 Å². The average Bonchev–Trinajstić information content (AvgIpc) is 3.00. The standard InChI is InChI=1S/C19H23N7/c1-13-9-17-19(20-7-8-26(17)23-13)24(2)15-11-25(12-15)18-10-14-5-3-4-6-16(14)21-22-18/h7-10,15H,3-6,11-12H2,1-2H3. The molecule has 0 N–H and O–H groups in total. The van der Waals surface area contributed by atoms with Crippen molar-refractivity contribution in [2.24, 2.45) is 0 Å². The van der Waals surface area contributed by atoms with Crippen molar-refractivity contribution in [1.82, 2.24) is 24.8 Å². The number of aromatic nitrogens is 5. The largest absolute Gasteiger partial charge is 0.351 e. The number of hydrogen-bond acceptors (Lipinski definition) is 6. The third-order valence-corrected chi connectivity index (χ3v) is 5.62. The SMILES string of the molecule is Cc1cc2c(N(C)C3CN(c4cc5c(nn4)CCCC5)C3)nccn2n1. The molecule has 0 bridgehead atoms. The lowest BCUT2D eigenvalue weighted by molar-refractivity contribution is 0.486. The maximum absolute atomic E-state index is 4.60. The van der Waals surface area contributed by atoms with Gasteiger partial charge in [0.15, 0.2) is 11.6 Å². The molecule has 4 heterocycles. The van der Waals surface area contributed by atoms with Gasteiger partial charge in [-0.25, -0.2) is 9.50 Å². The fourth-order valence-electron chi connectivity index (χ4n) is 4.00. The van der Waals surface area contributed by atoms with Gasteiger partial charge in [-0.2, -0.15) is 10.2 Å². The first-order chi connectivity index (χ1) is 12.7. The van der Waals surface area contributed by atoms with Crippen LogP contribution in [0.1, 0.15) is 29.8 Å². The molecular weight excluding hydrogens is 326 g/mol. The maximum atomic E-state index is 4.60. The van der Waals surface area contributed by atoms with E-state index < -0.39 is 0 Å². The first-order valence-electron chi connectivity index (χ1n) is 9.33. The van der Waals surface area contributed by atoms with Gasteiger partial charge < -0.3 is 9.80 Å². The molecule has 2 aliphatic rings. The number of rotatable bonds is 3. The number of aryl methyl sites for hydroxylation is 3. The van der Waals surface area contributed by atoms with Crippen LogP contribution in [0.5, 0.6) is 0 Å². The van der Waals surface area contributed by atoms with E-state index in [4.69, 9.17) is 0 Å². The summed E-state index contributed by atoms with van der Waals surface area (Å²) >= 11 is 0. The van der Waals surface area contributed by atoms with Crippen molar-refractivity contribution >= 4 is 17.2 Å². The molecular formula is C19H23N7. The van der Waals surface area contributed by atoms with E-state index in [1.54, 1.807) is 0 Å². The first kappa shape index (κ1) is 15.5. The molecule has 26 heavy (non-hydrogen) atoms. The molecule has 0 atom stereocenters. The summed E-state index contributed by atoms with van der Waals surface area (Å²) in [4.78, 5) is 9.17. The van der Waals surface area contributed by atoms with Crippen molar-refractivity contribution in [3.05, 3.63) is 41.5 Å². The highest BCUT2D eigenvalue weighted by Gasteiger charge is 2.33. The molecule has 1 fully saturated rings. The van der Waals surface area contributed by atoms with E-state index in [1.165, 1.54) is 24.1 Å². The smallest absolute Gasteiger partial charge is 0.154 e. The van der Waals surface area contributed by atoms with Crippen molar-refractivity contribution < 1.29 is 0 Å². The van der Waals surface area contributed by atoms with Gasteiger partial charge in [-0.05, 0) is 50.3 Å². The first-order valence-corrected chi connectivity index (χ1v) is 9.33. The van der Waals surface area contributed by atoms with Gasteiger partial charge in [0.2, 0.25) is 0 Å². The Kier molecular flexibility index (Phi) is 3.55. The summed E-state index contributed by atoms with van der Waals surface area (Å²) in [5.74, 6) is 2.00. The summed E-state index contributed by atoms with van der Waals surface area (Å²) in [6.45, 7) is 3.90. The summed E-state index contributed by atoms with van der Waals surface area (Å²) in [5.41, 5.74) is 4.65. The molecule has 134 valence electrons. The Morgan fingerprint density at radius 3 is 2.85 bits per heavy atom. The van der Waals surface area contributed by atoms with E-state index >= 15 is 0 Å². The highest BCUT2D eigenvalue weighted by Crippen LogP contribution is 2.28. The molecule has 7 nitrogen and oxygen atoms in total. The van der Waals surface area contributed by atoms with E-state index in [1.807, 2.05) is 23.8 Å². The Morgan fingerprint density at radius 2 is 1.96 bits per heavy atom. The third-order valence-electron chi connectivity index (χ3n) is 5.62. The number of likely N-dealkylation sites (N-methyl/N-ethyl adjacent to an activating group) is 1. The van der Waals surface area contributed by atoms with Crippen LogP contribution in [0.15, 0.2) is 24.5 Å². The normalized spacial score (nSPS) is 17.2. The highest BCUT2D eigenvalue weighted by molar-refractivity contribution is 5.69. The number of fused-ring (bicyclic) bond motifs is 2. The quantitative estimate of drug-likeness (QED) is 0.721. The second kappa shape index (κ2) is 5.93. The van der Waals surface area contributed by atoms with Gasteiger partial charge in [-0.1, -0.05) is 0 Å². The molecule has 3 aromatic heterocycles. The van der Waals surface area contributed by atoms with E-state index in [9.17, 15) is 0 Å². The van der Waals surface area contributed by atoms with Crippen LogP contribution < -0.4 is 9.80 Å². The van der Waals surface area contributed by atoms with Gasteiger partial charge >= 0.3 is 0 Å². The minimum Gasteiger partial charge on any atom is -0.351 e. The number of hydrogen-bond donors (Lipinski definition) is 0. The summed E-state index contributed by atoms with van der Waals surface area (Å²) in [6, 6.07) is 4.75. The van der Waals surface area contributed by atoms with Crippen LogP contribution in [0.2, 0.25) is 0 Å². The lowest BCUT2D eigenvalue weighted by Gasteiger charge is -2.45. The third kappa shape index (κ3) is 2.50. The topological polar surface area (TPSA) is 62.5 Å². The zero-order valence-electron chi connectivity index (χ0n) is 15.3. The molecule has 1 aliphatic carbocycles.